The zero-order valence-electron chi connectivity index (χ0n) is 13.6. The highest BCUT2D eigenvalue weighted by Gasteiger charge is 2.21. The molecule has 0 spiro atoms. The minimum atomic E-state index is -0.132. The highest BCUT2D eigenvalue weighted by atomic mass is 79.9. The molecule has 1 aliphatic heterocycles. The zero-order chi connectivity index (χ0) is 17.4. The van der Waals surface area contributed by atoms with Gasteiger partial charge < -0.3 is 14.8 Å². The van der Waals surface area contributed by atoms with Gasteiger partial charge in [0.1, 0.15) is 16.4 Å². The lowest BCUT2D eigenvalue weighted by Gasteiger charge is -2.04. The number of hydrogen-bond donors (Lipinski definition) is 1. The SMILES string of the molecule is C#C.CC.COC(=O)[C@@H]1CCCN1.COc1ccnc(Br)c1. The maximum absolute atomic E-state index is 10.7. The van der Waals surface area contributed by atoms with Gasteiger partial charge in [-0.15, -0.1) is 12.8 Å². The minimum Gasteiger partial charge on any atom is -0.497 e. The number of halogens is 1. The fourth-order valence-corrected chi connectivity index (χ4v) is 1.88. The van der Waals surface area contributed by atoms with E-state index in [9.17, 15) is 4.79 Å². The number of pyridine rings is 1. The number of terminal acetylenes is 1. The number of carbonyl (C=O) groups is 1. The fraction of sp³-hybridized carbons (Fsp3) is 0.500. The number of ether oxygens (including phenoxy) is 2. The number of nitrogens with zero attached hydrogens (tertiary/aromatic N) is 1. The van der Waals surface area contributed by atoms with E-state index < -0.39 is 0 Å². The van der Waals surface area contributed by atoms with Crippen molar-refractivity contribution < 1.29 is 14.3 Å². The molecular formula is C16H25BrN2O3. The van der Waals surface area contributed by atoms with Gasteiger partial charge in [0, 0.05) is 12.3 Å². The third-order valence-electron chi connectivity index (χ3n) is 2.48. The Kier molecular flexibility index (Phi) is 16.3. The molecule has 1 fully saturated rings. The molecule has 1 aromatic rings. The number of carbonyl (C=O) groups excluding carboxylic acids is 1. The Morgan fingerprint density at radius 1 is 1.41 bits per heavy atom. The third kappa shape index (κ3) is 10.2. The highest BCUT2D eigenvalue weighted by Crippen LogP contribution is 2.13. The van der Waals surface area contributed by atoms with Crippen LogP contribution in [0.1, 0.15) is 26.7 Å². The molecule has 0 aromatic carbocycles. The monoisotopic (exact) mass is 372 g/mol. The van der Waals surface area contributed by atoms with Crippen LogP contribution in [-0.4, -0.2) is 37.8 Å². The van der Waals surface area contributed by atoms with Crippen molar-refractivity contribution in [2.24, 2.45) is 0 Å². The Morgan fingerprint density at radius 3 is 2.41 bits per heavy atom. The Balaban J connectivity index is 0. The van der Waals surface area contributed by atoms with Crippen LogP contribution in [0.15, 0.2) is 22.9 Å². The van der Waals surface area contributed by atoms with Gasteiger partial charge in [-0.25, -0.2) is 4.98 Å². The van der Waals surface area contributed by atoms with Gasteiger partial charge in [0.15, 0.2) is 0 Å². The molecule has 0 saturated carbocycles. The van der Waals surface area contributed by atoms with Gasteiger partial charge >= 0.3 is 5.97 Å². The summed E-state index contributed by atoms with van der Waals surface area (Å²) in [7, 11) is 3.05. The number of methoxy groups -OCH3 is 2. The van der Waals surface area contributed by atoms with E-state index in [0.717, 1.165) is 29.7 Å². The molecule has 1 saturated heterocycles. The second kappa shape index (κ2) is 15.8. The summed E-state index contributed by atoms with van der Waals surface area (Å²) in [6.45, 7) is 4.94. The van der Waals surface area contributed by atoms with Crippen molar-refractivity contribution in [1.29, 1.82) is 0 Å². The van der Waals surface area contributed by atoms with Crippen molar-refractivity contribution >= 4 is 21.9 Å². The van der Waals surface area contributed by atoms with Crippen molar-refractivity contribution in [1.82, 2.24) is 10.3 Å². The topological polar surface area (TPSA) is 60.5 Å². The average Bonchev–Trinajstić information content (AvgIpc) is 3.13. The van der Waals surface area contributed by atoms with Gasteiger partial charge in [-0.3, -0.25) is 4.79 Å². The maximum Gasteiger partial charge on any atom is 0.322 e. The predicted molar refractivity (Wildman–Crippen MR) is 92.8 cm³/mol. The van der Waals surface area contributed by atoms with Crippen molar-refractivity contribution in [2.75, 3.05) is 20.8 Å². The van der Waals surface area contributed by atoms with E-state index in [1.807, 2.05) is 13.8 Å². The van der Waals surface area contributed by atoms with Crippen molar-refractivity contribution in [3.8, 4) is 18.6 Å². The first kappa shape index (κ1) is 22.7. The lowest BCUT2D eigenvalue weighted by molar-refractivity contribution is -0.142. The van der Waals surface area contributed by atoms with Crippen LogP contribution in [-0.2, 0) is 9.53 Å². The van der Waals surface area contributed by atoms with Crippen molar-refractivity contribution in [3.63, 3.8) is 0 Å². The number of aromatic nitrogens is 1. The number of esters is 1. The molecule has 1 atom stereocenters. The molecule has 6 heteroatoms. The molecule has 1 aliphatic rings. The smallest absolute Gasteiger partial charge is 0.322 e. The molecule has 124 valence electrons. The number of hydrogen-bond acceptors (Lipinski definition) is 5. The highest BCUT2D eigenvalue weighted by molar-refractivity contribution is 9.10. The van der Waals surface area contributed by atoms with E-state index in [0.29, 0.717) is 0 Å². The predicted octanol–water partition coefficient (Wildman–Crippen LogP) is 3.04. The van der Waals surface area contributed by atoms with Gasteiger partial charge in [0.2, 0.25) is 0 Å². The van der Waals surface area contributed by atoms with E-state index in [-0.39, 0.29) is 12.0 Å². The molecule has 22 heavy (non-hydrogen) atoms. The number of nitrogens with one attached hydrogen (secondary N) is 1. The van der Waals surface area contributed by atoms with E-state index in [2.05, 4.69) is 43.8 Å². The zero-order valence-corrected chi connectivity index (χ0v) is 15.2. The molecule has 5 nitrogen and oxygen atoms in total. The second-order valence-corrected chi connectivity index (χ2v) is 4.50. The molecule has 0 aliphatic carbocycles. The van der Waals surface area contributed by atoms with Crippen LogP contribution >= 0.6 is 15.9 Å². The van der Waals surface area contributed by atoms with Gasteiger partial charge in [-0.2, -0.15) is 0 Å². The summed E-state index contributed by atoms with van der Waals surface area (Å²) in [6.07, 6.45) is 11.7. The van der Waals surface area contributed by atoms with Crippen molar-refractivity contribution in [3.05, 3.63) is 22.9 Å². The Hall–Kier alpha value is -1.58. The summed E-state index contributed by atoms with van der Waals surface area (Å²) in [4.78, 5) is 14.7. The van der Waals surface area contributed by atoms with Crippen LogP contribution in [0.2, 0.25) is 0 Å². The first-order valence-electron chi connectivity index (χ1n) is 6.97. The Bertz CT molecular complexity index is 419. The van der Waals surface area contributed by atoms with Gasteiger partial charge in [0.05, 0.1) is 14.2 Å². The quantitative estimate of drug-likeness (QED) is 0.491. The van der Waals surface area contributed by atoms with E-state index >= 15 is 0 Å². The molecule has 1 aromatic heterocycles. The van der Waals surface area contributed by atoms with Crippen LogP contribution < -0.4 is 10.1 Å². The molecular weight excluding hydrogens is 348 g/mol. The van der Waals surface area contributed by atoms with E-state index in [1.165, 1.54) is 7.11 Å². The molecule has 0 unspecified atom stereocenters. The van der Waals surface area contributed by atoms with E-state index in [4.69, 9.17) is 4.74 Å². The van der Waals surface area contributed by atoms with Gasteiger partial charge in [-0.1, -0.05) is 13.8 Å². The molecule has 0 radical (unpaired) electrons. The second-order valence-electron chi connectivity index (χ2n) is 3.69. The lowest BCUT2D eigenvalue weighted by atomic mass is 10.2. The Labute approximate surface area is 141 Å². The summed E-state index contributed by atoms with van der Waals surface area (Å²) >= 11 is 3.21. The Morgan fingerprint density at radius 2 is 2.05 bits per heavy atom. The third-order valence-corrected chi connectivity index (χ3v) is 2.91. The van der Waals surface area contributed by atoms with E-state index in [1.54, 1.807) is 25.4 Å². The summed E-state index contributed by atoms with van der Waals surface area (Å²) in [5.74, 6) is 0.685. The van der Waals surface area contributed by atoms with Crippen LogP contribution in [0.25, 0.3) is 0 Å². The minimum absolute atomic E-state index is 0.0324. The normalized spacial score (nSPS) is 14.8. The summed E-state index contributed by atoms with van der Waals surface area (Å²) in [5.41, 5.74) is 0. The summed E-state index contributed by atoms with van der Waals surface area (Å²) in [5, 5.41) is 3.03. The number of rotatable bonds is 2. The van der Waals surface area contributed by atoms with Crippen molar-refractivity contribution in [2.45, 2.75) is 32.7 Å². The molecule has 1 N–H and O–H groups in total. The van der Waals surface area contributed by atoms with Crippen LogP contribution in [0.5, 0.6) is 5.75 Å². The van der Waals surface area contributed by atoms with Gasteiger partial charge in [0.25, 0.3) is 0 Å². The summed E-state index contributed by atoms with van der Waals surface area (Å²) < 4.78 is 10.3. The molecule has 0 amide bonds. The van der Waals surface area contributed by atoms with Crippen LogP contribution in [0.4, 0.5) is 0 Å². The standard InChI is InChI=1S/C6H6BrNO.C6H11NO2.C2H6.C2H2/c1-9-5-2-3-8-6(7)4-5;1-9-6(8)5-3-2-4-7-5;2*1-2/h2-4H,1H3;5,7H,2-4H2,1H3;1-2H3;1-2H/t;5-;;/m.0../s1. The summed E-state index contributed by atoms with van der Waals surface area (Å²) in [6, 6.07) is 3.57. The first-order chi connectivity index (χ1) is 10.7. The first-order valence-corrected chi connectivity index (χ1v) is 7.76. The van der Waals surface area contributed by atoms with Crippen LogP contribution in [0.3, 0.4) is 0 Å². The fourth-order valence-electron chi connectivity index (χ4n) is 1.54. The lowest BCUT2D eigenvalue weighted by Crippen LogP contribution is -2.31. The molecule has 2 heterocycles. The maximum atomic E-state index is 10.7. The largest absolute Gasteiger partial charge is 0.497 e. The molecule has 0 bridgehead atoms. The average molecular weight is 373 g/mol. The molecule has 2 rings (SSSR count). The van der Waals surface area contributed by atoms with Gasteiger partial charge in [-0.05, 0) is 41.4 Å². The van der Waals surface area contributed by atoms with Crippen LogP contribution in [0, 0.1) is 12.8 Å².